The van der Waals surface area contributed by atoms with E-state index in [2.05, 4.69) is 71.4 Å². The molecule has 0 aliphatic carbocycles. The van der Waals surface area contributed by atoms with E-state index in [4.69, 9.17) is 0 Å². The molecule has 0 fully saturated rings. The molecule has 1 heteroatoms. The maximum atomic E-state index is 3.70. The van der Waals surface area contributed by atoms with E-state index in [0.717, 1.165) is 0 Å². The number of benzene rings is 3. The molecule has 0 bridgehead atoms. The summed E-state index contributed by atoms with van der Waals surface area (Å²) in [7, 11) is 0. The maximum Gasteiger partial charge on any atom is 0.0289 e. The third-order valence-corrected chi connectivity index (χ3v) is 4.14. The molecule has 3 aromatic rings. The van der Waals surface area contributed by atoms with E-state index in [1.54, 1.807) is 0 Å². The van der Waals surface area contributed by atoms with Crippen molar-refractivity contribution in [2.45, 2.75) is 6.92 Å². The molecule has 0 spiro atoms. The lowest BCUT2D eigenvalue weighted by molar-refractivity contribution is 1.52. The van der Waals surface area contributed by atoms with Gasteiger partial charge in [-0.05, 0) is 50.0 Å². The van der Waals surface area contributed by atoms with Gasteiger partial charge in [0.15, 0.2) is 0 Å². The van der Waals surface area contributed by atoms with Crippen molar-refractivity contribution >= 4 is 37.5 Å². The predicted octanol–water partition coefficient (Wildman–Crippen LogP) is 5.06. The highest BCUT2D eigenvalue weighted by Gasteiger charge is 2.07. The fourth-order valence-corrected chi connectivity index (χ4v) is 2.83. The predicted molar refractivity (Wildman–Crippen MR) is 73.9 cm³/mol. The van der Waals surface area contributed by atoms with Crippen molar-refractivity contribution in [1.29, 1.82) is 0 Å². The molecule has 3 rings (SSSR count). The zero-order valence-electron chi connectivity index (χ0n) is 9.00. The summed E-state index contributed by atoms with van der Waals surface area (Å²) >= 11 is 3.70. The summed E-state index contributed by atoms with van der Waals surface area (Å²) in [6.07, 6.45) is 0. The largest absolute Gasteiger partial charge is 0.0616 e. The lowest BCUT2D eigenvalue weighted by Crippen LogP contribution is -1.84. The molecular formula is C15H11Br. The van der Waals surface area contributed by atoms with Crippen LogP contribution in [0.1, 0.15) is 5.56 Å². The van der Waals surface area contributed by atoms with E-state index < -0.39 is 0 Å². The lowest BCUT2D eigenvalue weighted by Gasteiger charge is -2.10. The first kappa shape index (κ1) is 9.86. The standard InChI is InChI=1S/C15H11Br/c1-10-11-6-2-3-7-12(11)13-8-4-5-9-14(13)15(10)16/h2-9H,1H3. The van der Waals surface area contributed by atoms with Crippen LogP contribution in [0.3, 0.4) is 0 Å². The summed E-state index contributed by atoms with van der Waals surface area (Å²) in [5.41, 5.74) is 1.31. The molecule has 0 saturated heterocycles. The van der Waals surface area contributed by atoms with Crippen molar-refractivity contribution in [2.24, 2.45) is 0 Å². The van der Waals surface area contributed by atoms with Crippen molar-refractivity contribution in [3.8, 4) is 0 Å². The highest BCUT2D eigenvalue weighted by atomic mass is 79.9. The summed E-state index contributed by atoms with van der Waals surface area (Å²) in [6.45, 7) is 2.17. The molecule has 0 amide bonds. The second-order valence-electron chi connectivity index (χ2n) is 4.03. The highest BCUT2D eigenvalue weighted by molar-refractivity contribution is 9.10. The van der Waals surface area contributed by atoms with E-state index in [0.29, 0.717) is 0 Å². The third kappa shape index (κ3) is 1.28. The van der Waals surface area contributed by atoms with Crippen LogP contribution >= 0.6 is 15.9 Å². The summed E-state index contributed by atoms with van der Waals surface area (Å²) in [5, 5.41) is 5.26. The fourth-order valence-electron chi connectivity index (χ4n) is 2.27. The van der Waals surface area contributed by atoms with Crippen LogP contribution in [0.4, 0.5) is 0 Å². The highest BCUT2D eigenvalue weighted by Crippen LogP contribution is 2.35. The number of halogens is 1. The summed E-state index contributed by atoms with van der Waals surface area (Å²) in [6, 6.07) is 17.1. The van der Waals surface area contributed by atoms with Gasteiger partial charge in [-0.3, -0.25) is 0 Å². The van der Waals surface area contributed by atoms with Gasteiger partial charge < -0.3 is 0 Å². The van der Waals surface area contributed by atoms with Crippen LogP contribution in [0, 0.1) is 6.92 Å². The number of hydrogen-bond acceptors (Lipinski definition) is 0. The zero-order valence-corrected chi connectivity index (χ0v) is 10.6. The minimum atomic E-state index is 1.21. The SMILES string of the molecule is Cc1c(Br)c2ccccc2c2ccccc12. The van der Waals surface area contributed by atoms with Crippen molar-refractivity contribution in [3.05, 3.63) is 58.6 Å². The normalized spacial score (nSPS) is 11.1. The van der Waals surface area contributed by atoms with Gasteiger partial charge in [-0.15, -0.1) is 0 Å². The summed E-state index contributed by atoms with van der Waals surface area (Å²) < 4.78 is 1.21. The van der Waals surface area contributed by atoms with Crippen LogP contribution in [0.15, 0.2) is 53.0 Å². The van der Waals surface area contributed by atoms with Crippen LogP contribution in [-0.4, -0.2) is 0 Å². The Morgan fingerprint density at radius 3 is 1.75 bits per heavy atom. The van der Waals surface area contributed by atoms with Crippen LogP contribution in [-0.2, 0) is 0 Å². The van der Waals surface area contributed by atoms with Crippen LogP contribution < -0.4 is 0 Å². The Morgan fingerprint density at radius 1 is 0.688 bits per heavy atom. The summed E-state index contributed by atoms with van der Waals surface area (Å²) in [5.74, 6) is 0. The minimum absolute atomic E-state index is 1.21. The van der Waals surface area contributed by atoms with Gasteiger partial charge in [-0.1, -0.05) is 48.5 Å². The molecule has 0 aromatic heterocycles. The molecule has 0 N–H and O–H groups in total. The second kappa shape index (κ2) is 3.60. The van der Waals surface area contributed by atoms with E-state index in [1.807, 2.05) is 0 Å². The number of hydrogen-bond donors (Lipinski definition) is 0. The molecule has 0 aliphatic rings. The zero-order chi connectivity index (χ0) is 11.1. The van der Waals surface area contributed by atoms with Gasteiger partial charge in [0, 0.05) is 4.47 Å². The van der Waals surface area contributed by atoms with Crippen LogP contribution in [0.25, 0.3) is 21.5 Å². The van der Waals surface area contributed by atoms with Gasteiger partial charge in [-0.25, -0.2) is 0 Å². The average molecular weight is 271 g/mol. The molecule has 0 radical (unpaired) electrons. The Labute approximate surface area is 103 Å². The van der Waals surface area contributed by atoms with Gasteiger partial charge in [0.05, 0.1) is 0 Å². The van der Waals surface area contributed by atoms with E-state index in [1.165, 1.54) is 31.6 Å². The van der Waals surface area contributed by atoms with Gasteiger partial charge in [0.1, 0.15) is 0 Å². The molecule has 16 heavy (non-hydrogen) atoms. The van der Waals surface area contributed by atoms with Gasteiger partial charge >= 0.3 is 0 Å². The summed E-state index contributed by atoms with van der Waals surface area (Å²) in [4.78, 5) is 0. The number of aryl methyl sites for hydroxylation is 1. The Bertz CT molecular complexity index is 623. The number of fused-ring (bicyclic) bond motifs is 3. The Hall–Kier alpha value is -1.34. The van der Waals surface area contributed by atoms with Crippen molar-refractivity contribution in [3.63, 3.8) is 0 Å². The third-order valence-electron chi connectivity index (χ3n) is 3.11. The molecule has 3 aromatic carbocycles. The molecule has 0 saturated carbocycles. The van der Waals surface area contributed by atoms with Crippen molar-refractivity contribution in [2.75, 3.05) is 0 Å². The van der Waals surface area contributed by atoms with E-state index in [9.17, 15) is 0 Å². The first-order chi connectivity index (χ1) is 7.79. The first-order valence-corrected chi connectivity index (χ1v) is 6.14. The smallest absolute Gasteiger partial charge is 0.0289 e. The fraction of sp³-hybridized carbons (Fsp3) is 0.0667. The quantitative estimate of drug-likeness (QED) is 0.501. The van der Waals surface area contributed by atoms with Crippen molar-refractivity contribution < 1.29 is 0 Å². The Kier molecular flexibility index (Phi) is 2.22. The molecule has 0 aliphatic heterocycles. The first-order valence-electron chi connectivity index (χ1n) is 5.34. The van der Waals surface area contributed by atoms with E-state index >= 15 is 0 Å². The van der Waals surface area contributed by atoms with Crippen LogP contribution in [0.2, 0.25) is 0 Å². The molecular weight excluding hydrogens is 260 g/mol. The van der Waals surface area contributed by atoms with E-state index in [-0.39, 0.29) is 0 Å². The maximum absolute atomic E-state index is 3.70. The lowest BCUT2D eigenvalue weighted by atomic mass is 9.98. The monoisotopic (exact) mass is 270 g/mol. The Morgan fingerprint density at radius 2 is 1.12 bits per heavy atom. The molecule has 0 unspecified atom stereocenters. The molecule has 0 heterocycles. The molecule has 0 nitrogen and oxygen atoms in total. The Balaban J connectivity index is 2.69. The van der Waals surface area contributed by atoms with Gasteiger partial charge in [0.25, 0.3) is 0 Å². The van der Waals surface area contributed by atoms with Crippen molar-refractivity contribution in [1.82, 2.24) is 0 Å². The number of rotatable bonds is 0. The van der Waals surface area contributed by atoms with Gasteiger partial charge in [-0.2, -0.15) is 0 Å². The average Bonchev–Trinajstić information content (AvgIpc) is 2.36. The topological polar surface area (TPSA) is 0 Å². The van der Waals surface area contributed by atoms with Gasteiger partial charge in [0.2, 0.25) is 0 Å². The molecule has 78 valence electrons. The molecule has 0 atom stereocenters. The van der Waals surface area contributed by atoms with Crippen LogP contribution in [0.5, 0.6) is 0 Å². The minimum Gasteiger partial charge on any atom is -0.0616 e. The second-order valence-corrected chi connectivity index (χ2v) is 4.82.